The van der Waals surface area contributed by atoms with E-state index < -0.39 is 13.5 Å². The molecule has 15 aliphatic rings. The molecule has 14 unspecified atom stereocenters. The van der Waals surface area contributed by atoms with E-state index in [9.17, 15) is 0 Å². The molecule has 0 nitrogen and oxygen atoms in total. The summed E-state index contributed by atoms with van der Waals surface area (Å²) in [6.07, 6.45) is 95.9. The molecule has 96 heavy (non-hydrogen) atoms. The molecule has 12 saturated carbocycles. The molecule has 540 valence electrons. The second kappa shape index (κ2) is 42.3. The van der Waals surface area contributed by atoms with Crippen molar-refractivity contribution in [3.63, 3.8) is 0 Å². The molecule has 5 heteroatoms. The molecule has 0 amide bonds. The van der Waals surface area contributed by atoms with Gasteiger partial charge in [-0.3, -0.25) is 0 Å². The summed E-state index contributed by atoms with van der Waals surface area (Å²) in [7, 11) is 12.1. The molecule has 0 aromatic heterocycles. The molecule has 0 aliphatic heterocycles. The zero-order chi connectivity index (χ0) is 66.9. The Morgan fingerprint density at radius 2 is 0.688 bits per heavy atom. The van der Waals surface area contributed by atoms with Crippen molar-refractivity contribution < 1.29 is 13.5 Å². The maximum atomic E-state index is 5.67. The Morgan fingerprint density at radius 3 is 0.979 bits per heavy atom. The van der Waals surface area contributed by atoms with E-state index in [4.69, 9.17) is 19.4 Å². The minimum atomic E-state index is -1.61. The van der Waals surface area contributed by atoms with Crippen LogP contribution in [0.1, 0.15) is 316 Å². The van der Waals surface area contributed by atoms with Gasteiger partial charge in [0.2, 0.25) is 0 Å². The Hall–Kier alpha value is -0.667. The Bertz CT molecular complexity index is 2340. The van der Waals surface area contributed by atoms with Gasteiger partial charge in [0.15, 0.2) is 0 Å². The molecule has 0 N–H and O–H groups in total. The maximum absolute atomic E-state index is 5.67. The third-order valence-corrected chi connectivity index (χ3v) is 37.8. The van der Waals surface area contributed by atoms with Crippen molar-refractivity contribution in [1.29, 1.82) is 0 Å². The van der Waals surface area contributed by atoms with E-state index in [1.165, 1.54) is 162 Å². The van der Waals surface area contributed by atoms with Crippen molar-refractivity contribution in [2.75, 3.05) is 0 Å². The predicted octanol–water partition coefficient (Wildman–Crippen LogP) is 29.3. The van der Waals surface area contributed by atoms with Crippen LogP contribution in [0.2, 0.25) is 0 Å². The summed E-state index contributed by atoms with van der Waals surface area (Å²) in [4.78, 5) is 0. The van der Waals surface area contributed by atoms with Gasteiger partial charge >= 0.3 is 73.4 Å². The summed E-state index contributed by atoms with van der Waals surface area (Å²) in [6.45, 7) is 17.5. The van der Waals surface area contributed by atoms with E-state index >= 15 is 0 Å². The van der Waals surface area contributed by atoms with Crippen LogP contribution in [0, 0.1) is 94.7 Å². The summed E-state index contributed by atoms with van der Waals surface area (Å²) in [5.41, 5.74) is 8.26. The molecular weight excluding hydrogens is 1330 g/mol. The molecular formula is C91H144Cl2P2Ru. The fourth-order valence-corrected chi connectivity index (χ4v) is 33.3. The molecule has 0 saturated heterocycles. The van der Waals surface area contributed by atoms with Gasteiger partial charge in [0.05, 0.1) is 0 Å². The number of allylic oxidation sites excluding steroid dienone is 12. The van der Waals surface area contributed by atoms with E-state index in [2.05, 4.69) is 114 Å². The SMILES string of the molecule is C1=CC2CCC1C2.C1CCC(P(C2CCCCC2)C2CCCCC2)CC1.C1CCC(P(C2CCCCC2)C2CCCCC2)CC1.C=CC1CC(C)C(/C=C\C2CCC(/C=C\C3CC(C)C(C=C)C3)C2)C1.C[C@H]1CC2C=CC1C2.C[C@H]1CC2C=CC1C2.[Cl][Ru]([Cl])=[CH]c1ccccc1. The van der Waals surface area contributed by atoms with Crippen molar-refractivity contribution in [3.05, 3.63) is 122 Å². The number of benzene rings is 1. The molecule has 16 rings (SSSR count). The van der Waals surface area contributed by atoms with Gasteiger partial charge in [-0.15, -0.1) is 13.2 Å². The van der Waals surface area contributed by atoms with Gasteiger partial charge < -0.3 is 0 Å². The van der Waals surface area contributed by atoms with Crippen molar-refractivity contribution in [1.82, 2.24) is 0 Å². The number of halogens is 2. The van der Waals surface area contributed by atoms with Crippen LogP contribution in [0.5, 0.6) is 0 Å². The molecule has 1 aromatic carbocycles. The van der Waals surface area contributed by atoms with Gasteiger partial charge in [0, 0.05) is 0 Å². The van der Waals surface area contributed by atoms with Gasteiger partial charge in [-0.25, -0.2) is 0 Å². The Kier molecular flexibility index (Phi) is 34.4. The second-order valence-electron chi connectivity index (χ2n) is 34.9. The van der Waals surface area contributed by atoms with Crippen molar-refractivity contribution >= 4 is 39.8 Å². The molecule has 12 fully saturated rings. The summed E-state index contributed by atoms with van der Waals surface area (Å²) in [6, 6.07) is 9.89. The standard InChI is InChI=1S/C25H38.2C18H33P.2C8H12.C7H10.C7H6.2ClH.Ru/c1-5-20-13-19(4)25(16-20)12-11-22-8-7-21(15-22)9-10-23-14-18(3)24(6-2)17-23;2*1-4-10-16(11-5-1)19(17-12-6-2-7-13-17)18-14-8-3-9-15-18;2*1-6-4-7-2-3-8(6)5-7;1-2-7-4-3-6(1)5-7;1-7-5-3-2-4-6-7;;;/h5-6,9-12,18-25H,1-2,7-8,13-17H2,3-4H3;2*16-18H,1-15H2;2*2-3,6-8H,4-5H2,1H3;1-2,6-7H,3-5H2;1-6H;2*1H;/q;;;;;;;;;+2/p-2/b10-9-,12-11-;;;;;;;;;/t;;;2*6-,7?,8?;;;;;/m...00...../s1. The summed E-state index contributed by atoms with van der Waals surface area (Å²) in [5.74, 6) is 14.2. The minimum absolute atomic E-state index is 0.385. The summed E-state index contributed by atoms with van der Waals surface area (Å²) in [5, 5.41) is 0. The van der Waals surface area contributed by atoms with Crippen molar-refractivity contribution in [2.24, 2.45) is 94.7 Å². The van der Waals surface area contributed by atoms with E-state index in [0.717, 1.165) is 100 Å². The topological polar surface area (TPSA) is 0 Å². The molecule has 0 heterocycles. The normalized spacial score (nSPS) is 36.1. The second-order valence-corrected chi connectivity index (χ2v) is 46.8. The molecule has 15 aliphatic carbocycles. The van der Waals surface area contributed by atoms with Crippen molar-refractivity contribution in [2.45, 2.75) is 344 Å². The van der Waals surface area contributed by atoms with Crippen LogP contribution in [-0.2, 0) is 13.5 Å². The quantitative estimate of drug-likeness (QED) is 0.105. The number of hydrogen-bond acceptors (Lipinski definition) is 0. The third-order valence-electron chi connectivity index (χ3n) is 27.8. The zero-order valence-electron chi connectivity index (χ0n) is 62.1. The van der Waals surface area contributed by atoms with Gasteiger partial charge in [0.1, 0.15) is 0 Å². The Balaban J connectivity index is 0.000000128. The van der Waals surface area contributed by atoms with E-state index in [1.54, 1.807) is 154 Å². The van der Waals surface area contributed by atoms with Crippen molar-refractivity contribution in [3.8, 4) is 0 Å². The monoisotopic (exact) mass is 1470 g/mol. The summed E-state index contributed by atoms with van der Waals surface area (Å²) >= 11 is -1.61. The van der Waals surface area contributed by atoms with Gasteiger partial charge in [-0.05, 0) is 296 Å². The van der Waals surface area contributed by atoms with Gasteiger partial charge in [0.25, 0.3) is 0 Å². The summed E-state index contributed by atoms with van der Waals surface area (Å²) < 4.78 is 1.92. The van der Waals surface area contributed by atoms with Gasteiger partial charge in [-0.1, -0.05) is 232 Å². The van der Waals surface area contributed by atoms with Crippen LogP contribution in [0.3, 0.4) is 0 Å². The van der Waals surface area contributed by atoms with E-state index in [0.29, 0.717) is 15.8 Å². The molecule has 0 spiro atoms. The first-order valence-corrected chi connectivity index (χ1v) is 50.6. The zero-order valence-corrected chi connectivity index (χ0v) is 67.2. The van der Waals surface area contributed by atoms with Crippen LogP contribution < -0.4 is 0 Å². The number of rotatable bonds is 13. The van der Waals surface area contributed by atoms with Crippen LogP contribution >= 0.6 is 35.2 Å². The first kappa shape index (κ1) is 77.9. The van der Waals surface area contributed by atoms with Crippen LogP contribution in [0.25, 0.3) is 0 Å². The molecule has 0 radical (unpaired) electrons. The third kappa shape index (κ3) is 25.0. The fraction of sp³-hybridized carbons (Fsp3) is 0.769. The Morgan fingerprint density at radius 1 is 0.323 bits per heavy atom. The fourth-order valence-electron chi connectivity index (χ4n) is 22.1. The van der Waals surface area contributed by atoms with Crippen LogP contribution in [-0.4, -0.2) is 38.6 Å². The van der Waals surface area contributed by atoms with Crippen LogP contribution in [0.4, 0.5) is 0 Å². The number of hydrogen-bond donors (Lipinski definition) is 0. The van der Waals surface area contributed by atoms with E-state index in [-0.39, 0.29) is 0 Å². The van der Waals surface area contributed by atoms with E-state index in [1.807, 2.05) is 34.9 Å². The first-order valence-electron chi connectivity index (χ1n) is 42.0. The molecule has 1 aromatic rings. The molecule has 16 atom stereocenters. The molecule has 6 bridgehead atoms. The van der Waals surface area contributed by atoms with Gasteiger partial charge in [-0.2, -0.15) is 0 Å². The number of fused-ring (bicyclic) bond motifs is 6. The average molecular weight is 1470 g/mol. The first-order chi connectivity index (χ1) is 46.9. The Labute approximate surface area is 609 Å². The average Bonchev–Trinajstić information content (AvgIpc) is 1.23. The van der Waals surface area contributed by atoms with Crippen LogP contribution in [0.15, 0.2) is 116 Å². The predicted molar refractivity (Wildman–Crippen MR) is 428 cm³/mol.